The number of aryl methyl sites for hydroxylation is 2. The Hall–Kier alpha value is -3.09. The van der Waals surface area contributed by atoms with Gasteiger partial charge >= 0.3 is 0 Å². The largest absolute Gasteiger partial charge is 0.350 e. The summed E-state index contributed by atoms with van der Waals surface area (Å²) in [5.41, 5.74) is 4.12. The van der Waals surface area contributed by atoms with Gasteiger partial charge in [0.15, 0.2) is 5.82 Å². The summed E-state index contributed by atoms with van der Waals surface area (Å²) in [7, 11) is 0. The number of hydrogen-bond acceptors (Lipinski definition) is 6. The lowest BCUT2D eigenvalue weighted by Crippen LogP contribution is -2.37. The molecule has 0 aromatic carbocycles. The van der Waals surface area contributed by atoms with Crippen molar-refractivity contribution in [3.63, 3.8) is 0 Å². The van der Waals surface area contributed by atoms with Crippen molar-refractivity contribution in [3.05, 3.63) is 64.3 Å². The van der Waals surface area contributed by atoms with Gasteiger partial charge in [0.1, 0.15) is 0 Å². The SMILES string of the molecule is O=c1ccc(-c2ccncc2)nn1CC1CCCN1c1cc2c(nn1)CCC2. The molecule has 1 aliphatic heterocycles. The van der Waals surface area contributed by atoms with E-state index in [0.29, 0.717) is 6.54 Å². The molecule has 2 aliphatic rings. The quantitative estimate of drug-likeness (QED) is 0.697. The van der Waals surface area contributed by atoms with Crippen LogP contribution < -0.4 is 10.5 Å². The Bertz CT molecular complexity index is 1050. The maximum absolute atomic E-state index is 12.4. The molecule has 0 bridgehead atoms. The Morgan fingerprint density at radius 1 is 1.04 bits per heavy atom. The first kappa shape index (κ1) is 17.0. The number of anilines is 1. The molecule has 1 atom stereocenters. The molecule has 1 aliphatic carbocycles. The fraction of sp³-hybridized carbons (Fsp3) is 0.381. The van der Waals surface area contributed by atoms with Crippen LogP contribution in [0.1, 0.15) is 30.5 Å². The Kier molecular flexibility index (Phi) is 4.35. The summed E-state index contributed by atoms with van der Waals surface area (Å²) >= 11 is 0. The summed E-state index contributed by atoms with van der Waals surface area (Å²) in [6.45, 7) is 1.49. The van der Waals surface area contributed by atoms with Gasteiger partial charge in [-0.15, -0.1) is 5.10 Å². The highest BCUT2D eigenvalue weighted by atomic mass is 16.1. The maximum atomic E-state index is 12.4. The fourth-order valence-corrected chi connectivity index (χ4v) is 4.24. The number of fused-ring (bicyclic) bond motifs is 1. The standard InChI is InChI=1S/C21H22N6O/c28-21-7-6-19(15-8-10-22-11-9-15)25-27(21)14-17-4-2-12-26(17)20-13-16-3-1-5-18(16)23-24-20/h6-11,13,17H,1-5,12,14H2. The van der Waals surface area contributed by atoms with E-state index in [-0.39, 0.29) is 11.6 Å². The average molecular weight is 374 g/mol. The molecule has 0 spiro atoms. The highest BCUT2D eigenvalue weighted by Gasteiger charge is 2.28. The molecule has 1 unspecified atom stereocenters. The summed E-state index contributed by atoms with van der Waals surface area (Å²) < 4.78 is 1.58. The topological polar surface area (TPSA) is 76.8 Å². The van der Waals surface area contributed by atoms with Gasteiger partial charge in [0.05, 0.1) is 24.0 Å². The molecule has 0 radical (unpaired) electrons. The minimum atomic E-state index is -0.0790. The molecule has 142 valence electrons. The number of pyridine rings is 1. The van der Waals surface area contributed by atoms with Crippen LogP contribution in [0, 0.1) is 0 Å². The summed E-state index contributed by atoms with van der Waals surface area (Å²) in [5, 5.41) is 13.5. The molecule has 7 nitrogen and oxygen atoms in total. The van der Waals surface area contributed by atoms with E-state index in [1.54, 1.807) is 29.2 Å². The van der Waals surface area contributed by atoms with Gasteiger partial charge in [-0.3, -0.25) is 9.78 Å². The Balaban J connectivity index is 1.41. The summed E-state index contributed by atoms with van der Waals surface area (Å²) in [6.07, 6.45) is 8.86. The Labute approximate surface area is 163 Å². The van der Waals surface area contributed by atoms with Crippen molar-refractivity contribution in [1.82, 2.24) is 25.0 Å². The fourth-order valence-electron chi connectivity index (χ4n) is 4.24. The third-order valence-corrected chi connectivity index (χ3v) is 5.70. The van der Waals surface area contributed by atoms with Gasteiger partial charge in [-0.05, 0) is 61.9 Å². The van der Waals surface area contributed by atoms with Crippen molar-refractivity contribution in [2.45, 2.75) is 44.7 Å². The van der Waals surface area contributed by atoms with E-state index in [1.165, 1.54) is 5.56 Å². The van der Waals surface area contributed by atoms with Crippen molar-refractivity contribution < 1.29 is 0 Å². The molecule has 0 saturated carbocycles. The molecule has 28 heavy (non-hydrogen) atoms. The van der Waals surface area contributed by atoms with Gasteiger partial charge in [0.2, 0.25) is 0 Å². The van der Waals surface area contributed by atoms with Crippen LogP contribution in [0.5, 0.6) is 0 Å². The number of nitrogens with zero attached hydrogens (tertiary/aromatic N) is 6. The van der Waals surface area contributed by atoms with Gasteiger partial charge in [0, 0.05) is 30.6 Å². The first-order valence-corrected chi connectivity index (χ1v) is 9.88. The van der Waals surface area contributed by atoms with E-state index >= 15 is 0 Å². The molecule has 0 amide bonds. The number of hydrogen-bond donors (Lipinski definition) is 0. The number of rotatable bonds is 4. The molecule has 0 N–H and O–H groups in total. The van der Waals surface area contributed by atoms with Crippen LogP contribution in [0.4, 0.5) is 5.82 Å². The molecular formula is C21H22N6O. The summed E-state index contributed by atoms with van der Waals surface area (Å²) in [5.74, 6) is 0.932. The molecule has 5 rings (SSSR count). The van der Waals surface area contributed by atoms with Gasteiger partial charge in [-0.25, -0.2) is 4.68 Å². The predicted molar refractivity (Wildman–Crippen MR) is 106 cm³/mol. The van der Waals surface area contributed by atoms with Crippen LogP contribution in [-0.4, -0.2) is 37.5 Å². The van der Waals surface area contributed by atoms with Crippen LogP contribution in [0.25, 0.3) is 11.3 Å². The van der Waals surface area contributed by atoms with Crippen molar-refractivity contribution in [3.8, 4) is 11.3 Å². The molecule has 1 saturated heterocycles. The third-order valence-electron chi connectivity index (χ3n) is 5.70. The van der Waals surface area contributed by atoms with Gasteiger partial charge in [0.25, 0.3) is 5.56 Å². The van der Waals surface area contributed by atoms with Crippen LogP contribution in [-0.2, 0) is 19.4 Å². The van der Waals surface area contributed by atoms with E-state index in [9.17, 15) is 4.79 Å². The normalized spacial score (nSPS) is 18.4. The molecular weight excluding hydrogens is 352 g/mol. The molecule has 3 aromatic rings. The van der Waals surface area contributed by atoms with Crippen LogP contribution in [0.15, 0.2) is 47.5 Å². The first-order valence-electron chi connectivity index (χ1n) is 9.88. The highest BCUT2D eigenvalue weighted by molar-refractivity contribution is 5.57. The van der Waals surface area contributed by atoms with Crippen molar-refractivity contribution in [1.29, 1.82) is 0 Å². The second-order valence-electron chi connectivity index (χ2n) is 7.49. The third kappa shape index (κ3) is 3.17. The zero-order valence-corrected chi connectivity index (χ0v) is 15.7. The van der Waals surface area contributed by atoms with E-state index in [0.717, 1.165) is 61.4 Å². The predicted octanol–water partition coefficient (Wildman–Crippen LogP) is 2.25. The second-order valence-corrected chi connectivity index (χ2v) is 7.49. The van der Waals surface area contributed by atoms with E-state index in [4.69, 9.17) is 0 Å². The van der Waals surface area contributed by atoms with E-state index in [2.05, 4.69) is 31.2 Å². The van der Waals surface area contributed by atoms with Crippen LogP contribution in [0.2, 0.25) is 0 Å². The van der Waals surface area contributed by atoms with Crippen molar-refractivity contribution in [2.75, 3.05) is 11.4 Å². The average Bonchev–Trinajstić information content (AvgIpc) is 3.39. The van der Waals surface area contributed by atoms with Gasteiger partial charge in [-0.1, -0.05) is 0 Å². The molecule has 3 aromatic heterocycles. The Morgan fingerprint density at radius 3 is 2.82 bits per heavy atom. The van der Waals surface area contributed by atoms with Gasteiger partial charge < -0.3 is 4.90 Å². The van der Waals surface area contributed by atoms with Crippen LogP contribution in [0.3, 0.4) is 0 Å². The van der Waals surface area contributed by atoms with Crippen LogP contribution >= 0.6 is 0 Å². The summed E-state index contributed by atoms with van der Waals surface area (Å²) in [6, 6.07) is 9.56. The summed E-state index contributed by atoms with van der Waals surface area (Å²) in [4.78, 5) is 18.8. The lowest BCUT2D eigenvalue weighted by Gasteiger charge is -2.26. The Morgan fingerprint density at radius 2 is 1.93 bits per heavy atom. The van der Waals surface area contributed by atoms with Crippen molar-refractivity contribution in [2.24, 2.45) is 0 Å². The minimum absolute atomic E-state index is 0.0790. The smallest absolute Gasteiger partial charge is 0.266 e. The van der Waals surface area contributed by atoms with Crippen molar-refractivity contribution >= 4 is 5.82 Å². The first-order chi connectivity index (χ1) is 13.8. The van der Waals surface area contributed by atoms with E-state index < -0.39 is 0 Å². The second kappa shape index (κ2) is 7.14. The lowest BCUT2D eigenvalue weighted by atomic mass is 10.2. The zero-order chi connectivity index (χ0) is 18.9. The number of aromatic nitrogens is 5. The monoisotopic (exact) mass is 374 g/mol. The molecule has 7 heteroatoms. The molecule has 1 fully saturated rings. The maximum Gasteiger partial charge on any atom is 0.266 e. The van der Waals surface area contributed by atoms with Gasteiger partial charge in [-0.2, -0.15) is 10.2 Å². The van der Waals surface area contributed by atoms with E-state index in [1.807, 2.05) is 12.1 Å². The highest BCUT2D eigenvalue weighted by Crippen LogP contribution is 2.28. The zero-order valence-electron chi connectivity index (χ0n) is 15.7. The molecule has 4 heterocycles. The lowest BCUT2D eigenvalue weighted by molar-refractivity contribution is 0.488. The minimum Gasteiger partial charge on any atom is -0.350 e.